The summed E-state index contributed by atoms with van der Waals surface area (Å²) in [5.41, 5.74) is 4.51. The van der Waals surface area contributed by atoms with Crippen molar-refractivity contribution in [3.8, 4) is 0 Å². The van der Waals surface area contributed by atoms with Gasteiger partial charge in [0.15, 0.2) is 0 Å². The molecule has 0 aromatic rings. The Labute approximate surface area is 158 Å². The van der Waals surface area contributed by atoms with Gasteiger partial charge in [-0.1, -0.05) is 0 Å². The van der Waals surface area contributed by atoms with Crippen molar-refractivity contribution in [2.45, 2.75) is 0 Å². The molecule has 16 heavy (non-hydrogen) atoms. The van der Waals surface area contributed by atoms with E-state index >= 15 is 0 Å². The summed E-state index contributed by atoms with van der Waals surface area (Å²) in [6.45, 7) is -0.389. The molecule has 10 heteroatoms. The van der Waals surface area contributed by atoms with Crippen LogP contribution in [0.2, 0.25) is 0 Å². The van der Waals surface area contributed by atoms with E-state index in [4.69, 9.17) is 9.90 Å². The van der Waals surface area contributed by atoms with Gasteiger partial charge < -0.3 is 35.4 Å². The predicted octanol–water partition coefficient (Wildman–Crippen LogP) is -14.3. The first-order valence-corrected chi connectivity index (χ1v) is 2.90. The summed E-state index contributed by atoms with van der Waals surface area (Å²) in [4.78, 5) is 28.0. The molecule has 0 amide bonds. The molecular weight excluding hydrogens is 251 g/mol. The maximum absolute atomic E-state index is 9.41. The van der Waals surface area contributed by atoms with E-state index in [9.17, 15) is 19.8 Å². The van der Waals surface area contributed by atoms with Crippen molar-refractivity contribution < 1.29 is 118 Å². The van der Waals surface area contributed by atoms with Crippen LogP contribution in [0, 0.1) is 0 Å². The van der Waals surface area contributed by atoms with E-state index in [0.29, 0.717) is 12.2 Å². The standard InChI is InChI=1S/C4H4O4.C2H5NO2.3Na/c5-3(6)1-2-4(7)8;3-1-2(4)5;;;/h1-2H,(H,5,6)(H,7,8);1,3H2,(H,4,5);;;/q;;3*+1/p-3/b2-1+;;;;. The third-order valence-electron chi connectivity index (χ3n) is 0.522. The van der Waals surface area contributed by atoms with Crippen LogP contribution in [0.3, 0.4) is 0 Å². The number of carboxylic acids is 3. The van der Waals surface area contributed by atoms with Crippen molar-refractivity contribution in [3.05, 3.63) is 12.2 Å². The Hall–Kier alpha value is 1.11. The zero-order valence-electron chi connectivity index (χ0n) is 9.39. The second-order valence-electron chi connectivity index (χ2n) is 1.55. The summed E-state index contributed by atoms with van der Waals surface area (Å²) < 4.78 is 0. The normalized spacial score (nSPS) is 7.06. The van der Waals surface area contributed by atoms with Crippen molar-refractivity contribution in [2.75, 3.05) is 6.54 Å². The van der Waals surface area contributed by atoms with Gasteiger partial charge in [-0.25, -0.2) is 0 Å². The summed E-state index contributed by atoms with van der Waals surface area (Å²) in [5.74, 6) is -4.31. The molecule has 0 saturated carbocycles. The van der Waals surface area contributed by atoms with Crippen LogP contribution in [-0.2, 0) is 14.4 Å². The molecule has 0 saturated heterocycles. The van der Waals surface area contributed by atoms with Crippen LogP contribution in [0.4, 0.5) is 0 Å². The first-order chi connectivity index (χ1) is 5.90. The average molecular weight is 257 g/mol. The molecule has 74 valence electrons. The summed E-state index contributed by atoms with van der Waals surface area (Å²) in [6.07, 6.45) is 0.769. The Morgan fingerprint density at radius 2 is 1.06 bits per heavy atom. The molecule has 7 nitrogen and oxygen atoms in total. The minimum Gasteiger partial charge on any atom is -0.549 e. The minimum absolute atomic E-state index is 0. The van der Waals surface area contributed by atoms with Gasteiger partial charge in [-0.2, -0.15) is 0 Å². The van der Waals surface area contributed by atoms with Crippen molar-refractivity contribution in [1.82, 2.24) is 0 Å². The van der Waals surface area contributed by atoms with E-state index in [1.807, 2.05) is 0 Å². The van der Waals surface area contributed by atoms with Crippen LogP contribution < -0.4 is 110 Å². The molecule has 0 unspecified atom stereocenters. The molecule has 0 spiro atoms. The molecule has 0 aromatic carbocycles. The molecule has 0 fully saturated rings. The van der Waals surface area contributed by atoms with Crippen LogP contribution in [0.15, 0.2) is 12.2 Å². The second kappa shape index (κ2) is 21.4. The molecule has 0 aliphatic heterocycles. The van der Waals surface area contributed by atoms with Gasteiger partial charge in [-0.05, 0) is 12.2 Å². The number of hydrogen-bond donors (Lipinski definition) is 1. The molecule has 0 radical (unpaired) electrons. The van der Waals surface area contributed by atoms with Gasteiger partial charge >= 0.3 is 88.7 Å². The SMILES string of the molecule is NCC(=O)[O-].O=C([O-])/C=C/C(=O)[O-].[Na+].[Na+].[Na+]. The van der Waals surface area contributed by atoms with E-state index in [2.05, 4.69) is 5.73 Å². The molecule has 0 bridgehead atoms. The molecule has 0 aromatic heterocycles. The number of aliphatic carboxylic acids is 3. The minimum atomic E-state index is -1.55. The Morgan fingerprint density at radius 3 is 1.12 bits per heavy atom. The Bertz CT molecular complexity index is 216. The van der Waals surface area contributed by atoms with Gasteiger partial charge in [0, 0.05) is 6.54 Å². The van der Waals surface area contributed by atoms with Crippen molar-refractivity contribution in [2.24, 2.45) is 5.73 Å². The monoisotopic (exact) mass is 257 g/mol. The average Bonchev–Trinajstić information content (AvgIpc) is 2.02. The van der Waals surface area contributed by atoms with Crippen LogP contribution in [0.5, 0.6) is 0 Å². The van der Waals surface area contributed by atoms with E-state index < -0.39 is 17.9 Å². The van der Waals surface area contributed by atoms with Gasteiger partial charge in [0.25, 0.3) is 0 Å². The Morgan fingerprint density at radius 1 is 0.875 bits per heavy atom. The fourth-order valence-electron chi connectivity index (χ4n) is 0.136. The zero-order valence-corrected chi connectivity index (χ0v) is 15.4. The zero-order chi connectivity index (χ0) is 10.9. The van der Waals surface area contributed by atoms with Gasteiger partial charge in [0.1, 0.15) is 0 Å². The van der Waals surface area contributed by atoms with Gasteiger partial charge in [-0.3, -0.25) is 0 Å². The summed E-state index contributed by atoms with van der Waals surface area (Å²) in [7, 11) is 0. The number of hydrogen-bond acceptors (Lipinski definition) is 7. The van der Waals surface area contributed by atoms with E-state index in [0.717, 1.165) is 0 Å². The topological polar surface area (TPSA) is 146 Å². The van der Waals surface area contributed by atoms with Gasteiger partial charge in [0.05, 0.1) is 17.9 Å². The quantitative estimate of drug-likeness (QED) is 0.390. The predicted molar refractivity (Wildman–Crippen MR) is 33.2 cm³/mol. The number of carboxylic acid groups (broad SMARTS) is 3. The Kier molecular flexibility index (Phi) is 40.5. The maximum Gasteiger partial charge on any atom is 1.00 e. The van der Waals surface area contributed by atoms with Crippen LogP contribution >= 0.6 is 0 Å². The first-order valence-electron chi connectivity index (χ1n) is 2.90. The number of carbonyl (C=O) groups excluding carboxylic acids is 3. The molecule has 0 rings (SSSR count). The molecule has 0 atom stereocenters. The first kappa shape index (κ1) is 30.3. The van der Waals surface area contributed by atoms with Crippen LogP contribution in [0.25, 0.3) is 0 Å². The summed E-state index contributed by atoms with van der Waals surface area (Å²) in [6, 6.07) is 0. The molecule has 0 aliphatic rings. The number of nitrogens with two attached hydrogens (primary N) is 1. The second-order valence-corrected chi connectivity index (χ2v) is 1.55. The van der Waals surface area contributed by atoms with E-state index in [-0.39, 0.29) is 95.2 Å². The molecule has 0 heterocycles. The molecular formula is C6H6NNa3O6. The van der Waals surface area contributed by atoms with E-state index in [1.165, 1.54) is 0 Å². The molecule has 0 aliphatic carbocycles. The third-order valence-corrected chi connectivity index (χ3v) is 0.522. The largest absolute Gasteiger partial charge is 1.00 e. The van der Waals surface area contributed by atoms with Crippen molar-refractivity contribution in [3.63, 3.8) is 0 Å². The van der Waals surface area contributed by atoms with Crippen LogP contribution in [0.1, 0.15) is 0 Å². The Balaban J connectivity index is -0.0000000454. The smallest absolute Gasteiger partial charge is 0.549 e. The summed E-state index contributed by atoms with van der Waals surface area (Å²) in [5, 5.41) is 28.0. The van der Waals surface area contributed by atoms with Crippen molar-refractivity contribution in [1.29, 1.82) is 0 Å². The van der Waals surface area contributed by atoms with Gasteiger partial charge in [-0.15, -0.1) is 0 Å². The number of rotatable bonds is 3. The number of carbonyl (C=O) groups is 3. The fourth-order valence-corrected chi connectivity index (χ4v) is 0.136. The van der Waals surface area contributed by atoms with E-state index in [1.54, 1.807) is 0 Å². The van der Waals surface area contributed by atoms with Crippen LogP contribution in [-0.4, -0.2) is 24.5 Å². The maximum atomic E-state index is 9.41. The summed E-state index contributed by atoms with van der Waals surface area (Å²) >= 11 is 0. The fraction of sp³-hybridized carbons (Fsp3) is 0.167. The third kappa shape index (κ3) is 45.7. The van der Waals surface area contributed by atoms with Gasteiger partial charge in [0.2, 0.25) is 0 Å². The molecule has 2 N–H and O–H groups in total. The van der Waals surface area contributed by atoms with Crippen molar-refractivity contribution >= 4 is 17.9 Å².